The Morgan fingerprint density at radius 1 is 1.05 bits per heavy atom. The third-order valence-corrected chi connectivity index (χ3v) is 8.67. The van der Waals surface area contributed by atoms with E-state index in [1.807, 2.05) is 19.1 Å². The molecule has 7 nitrogen and oxygen atoms in total. The molecule has 0 atom stereocenters. The molecular formula is C29H30ClN3O4S. The van der Waals surface area contributed by atoms with Crippen molar-refractivity contribution < 1.29 is 13.0 Å². The predicted molar refractivity (Wildman–Crippen MR) is 150 cm³/mol. The van der Waals surface area contributed by atoms with Crippen LogP contribution < -0.4 is 10.9 Å². The molecule has 2 aliphatic heterocycles. The van der Waals surface area contributed by atoms with Crippen LogP contribution in [0.3, 0.4) is 0 Å². The first-order chi connectivity index (χ1) is 18.0. The van der Waals surface area contributed by atoms with Gasteiger partial charge in [-0.05, 0) is 94.1 Å². The van der Waals surface area contributed by atoms with Gasteiger partial charge in [-0.2, -0.15) is 13.4 Å². The van der Waals surface area contributed by atoms with Gasteiger partial charge in [-0.25, -0.2) is 0 Å². The average molecular weight is 552 g/mol. The molecule has 0 radical (unpaired) electrons. The van der Waals surface area contributed by atoms with Gasteiger partial charge in [0.25, 0.3) is 15.7 Å². The average Bonchev–Trinajstić information content (AvgIpc) is 3.11. The largest absolute Gasteiger partial charge is 0.317 e. The lowest BCUT2D eigenvalue weighted by molar-refractivity contribution is 0.460. The first-order valence-corrected chi connectivity index (χ1v) is 14.4. The minimum absolute atomic E-state index is 0.0666. The molecule has 1 aromatic heterocycles. The molecule has 0 spiro atoms. The highest BCUT2D eigenvalue weighted by molar-refractivity contribution is 7.85. The third-order valence-electron chi connectivity index (χ3n) is 7.49. The van der Waals surface area contributed by atoms with Crippen LogP contribution in [-0.4, -0.2) is 35.6 Å². The van der Waals surface area contributed by atoms with Gasteiger partial charge in [0.05, 0.1) is 31.9 Å². The molecule has 0 amide bonds. The van der Waals surface area contributed by atoms with Gasteiger partial charge in [0.2, 0.25) is 0 Å². The van der Waals surface area contributed by atoms with Crippen molar-refractivity contribution in [3.63, 3.8) is 0 Å². The van der Waals surface area contributed by atoms with Crippen LogP contribution in [0.15, 0.2) is 70.4 Å². The van der Waals surface area contributed by atoms with Crippen LogP contribution >= 0.6 is 11.6 Å². The minimum atomic E-state index is -4.02. The van der Waals surface area contributed by atoms with Gasteiger partial charge in [-0.1, -0.05) is 47.5 Å². The fourth-order valence-electron chi connectivity index (χ4n) is 5.39. The maximum atomic E-state index is 12.7. The summed E-state index contributed by atoms with van der Waals surface area (Å²) in [5.41, 5.74) is 4.93. The van der Waals surface area contributed by atoms with Gasteiger partial charge in [-0.3, -0.25) is 13.9 Å². The molecule has 0 saturated carbocycles. The summed E-state index contributed by atoms with van der Waals surface area (Å²) in [5, 5.41) is 4.40. The minimum Gasteiger partial charge on any atom is -0.317 e. The second kappa shape index (κ2) is 9.93. The highest BCUT2D eigenvalue weighted by atomic mass is 35.5. The van der Waals surface area contributed by atoms with Crippen molar-refractivity contribution >= 4 is 32.6 Å². The zero-order valence-corrected chi connectivity index (χ0v) is 23.1. The standard InChI is InChI=1S/C22H22ClN3O.C7H8O3S/c1-22(2)15-7-6-14(13-8-10-24-11-9-13)12-18(15)26-17-5-3-4-16(23)19(17)20(27)25-21(22)26;1-6-2-4-7(5-3-6)11(8,9)10/h3-7,12-13,24H,8-11H2,1-2H3;2-5H,1H3,(H,8,9,10). The maximum absolute atomic E-state index is 12.7. The summed E-state index contributed by atoms with van der Waals surface area (Å²) in [5.74, 6) is 1.37. The number of fused-ring (bicyclic) bond motifs is 5. The van der Waals surface area contributed by atoms with Crippen molar-refractivity contribution in [1.82, 2.24) is 14.9 Å². The zero-order chi connectivity index (χ0) is 27.2. The predicted octanol–water partition coefficient (Wildman–Crippen LogP) is 5.39. The molecule has 0 unspecified atom stereocenters. The van der Waals surface area contributed by atoms with Gasteiger partial charge in [0, 0.05) is 0 Å². The second-order valence-corrected chi connectivity index (χ2v) is 12.3. The van der Waals surface area contributed by atoms with Crippen LogP contribution in [0.1, 0.15) is 55.1 Å². The van der Waals surface area contributed by atoms with Gasteiger partial charge >= 0.3 is 0 Å². The first kappa shape index (κ1) is 26.6. The number of piperidine rings is 1. The summed E-state index contributed by atoms with van der Waals surface area (Å²) in [6, 6.07) is 18.4. The van der Waals surface area contributed by atoms with E-state index in [0.29, 0.717) is 16.3 Å². The molecule has 9 heteroatoms. The van der Waals surface area contributed by atoms with E-state index in [1.165, 1.54) is 23.3 Å². The smallest absolute Gasteiger partial charge is 0.294 e. The lowest BCUT2D eigenvalue weighted by Gasteiger charge is -2.24. The van der Waals surface area contributed by atoms with Crippen molar-refractivity contribution in [3.8, 4) is 5.69 Å². The molecule has 3 heterocycles. The molecule has 1 fully saturated rings. The Kier molecular flexibility index (Phi) is 6.94. The third kappa shape index (κ3) is 4.78. The SMILES string of the molecule is CC1(C)c2ccc(C3CCNCC3)cc2-n2c1nc(=O)c1c(Cl)cccc12.Cc1ccc(S(=O)(=O)O)cc1. The van der Waals surface area contributed by atoms with E-state index in [1.54, 1.807) is 18.2 Å². The summed E-state index contributed by atoms with van der Waals surface area (Å²) in [4.78, 5) is 17.1. The summed E-state index contributed by atoms with van der Waals surface area (Å²) in [6.45, 7) is 8.25. The summed E-state index contributed by atoms with van der Waals surface area (Å²) >= 11 is 6.35. The van der Waals surface area contributed by atoms with E-state index in [9.17, 15) is 13.2 Å². The molecule has 2 aliphatic rings. The zero-order valence-electron chi connectivity index (χ0n) is 21.5. The van der Waals surface area contributed by atoms with E-state index in [-0.39, 0.29) is 15.9 Å². The Labute approximate surface area is 227 Å². The Balaban J connectivity index is 0.000000226. The Hall–Kier alpha value is -3.04. The topological polar surface area (TPSA) is 101 Å². The van der Waals surface area contributed by atoms with E-state index in [4.69, 9.17) is 16.2 Å². The monoisotopic (exact) mass is 551 g/mol. The molecule has 0 bridgehead atoms. The molecule has 6 rings (SSSR count). The number of hydrogen-bond acceptors (Lipinski definition) is 5. The summed E-state index contributed by atoms with van der Waals surface area (Å²) in [6.07, 6.45) is 2.31. The number of halogens is 1. The van der Waals surface area contributed by atoms with Crippen LogP contribution in [0.5, 0.6) is 0 Å². The number of nitrogens with zero attached hydrogens (tertiary/aromatic N) is 2. The number of hydrogen-bond donors (Lipinski definition) is 2. The van der Waals surface area contributed by atoms with Crippen molar-refractivity contribution in [2.24, 2.45) is 0 Å². The van der Waals surface area contributed by atoms with Crippen molar-refractivity contribution in [2.45, 2.75) is 49.8 Å². The van der Waals surface area contributed by atoms with E-state index >= 15 is 0 Å². The second-order valence-electron chi connectivity index (χ2n) is 10.4. The fourth-order valence-corrected chi connectivity index (χ4v) is 6.12. The van der Waals surface area contributed by atoms with Gasteiger partial charge < -0.3 is 5.32 Å². The molecule has 1 saturated heterocycles. The van der Waals surface area contributed by atoms with Gasteiger partial charge in [-0.15, -0.1) is 0 Å². The molecule has 198 valence electrons. The van der Waals surface area contributed by atoms with Crippen molar-refractivity contribution in [2.75, 3.05) is 13.1 Å². The van der Waals surface area contributed by atoms with Crippen LogP contribution in [0.4, 0.5) is 0 Å². The lowest BCUT2D eigenvalue weighted by atomic mass is 9.83. The number of rotatable bonds is 2. The Bertz CT molecular complexity index is 1690. The van der Waals surface area contributed by atoms with E-state index in [0.717, 1.165) is 48.5 Å². The number of aryl methyl sites for hydroxylation is 1. The summed E-state index contributed by atoms with van der Waals surface area (Å²) < 4.78 is 31.7. The number of aromatic nitrogens is 2. The molecule has 2 N–H and O–H groups in total. The highest BCUT2D eigenvalue weighted by Gasteiger charge is 2.39. The van der Waals surface area contributed by atoms with E-state index in [2.05, 4.69) is 46.9 Å². The van der Waals surface area contributed by atoms with Gasteiger partial charge in [0.15, 0.2) is 0 Å². The van der Waals surface area contributed by atoms with Crippen LogP contribution in [0.2, 0.25) is 5.02 Å². The van der Waals surface area contributed by atoms with E-state index < -0.39 is 10.1 Å². The Morgan fingerprint density at radius 2 is 1.74 bits per heavy atom. The highest BCUT2D eigenvalue weighted by Crippen LogP contribution is 2.44. The number of benzene rings is 3. The molecule has 3 aromatic carbocycles. The van der Waals surface area contributed by atoms with Crippen molar-refractivity contribution in [3.05, 3.63) is 98.6 Å². The Morgan fingerprint density at radius 3 is 2.39 bits per heavy atom. The molecular weight excluding hydrogens is 522 g/mol. The normalized spacial score (nSPS) is 16.4. The van der Waals surface area contributed by atoms with Crippen LogP contribution in [0, 0.1) is 6.92 Å². The fraction of sp³-hybridized carbons (Fsp3) is 0.310. The summed E-state index contributed by atoms with van der Waals surface area (Å²) in [7, 11) is -4.02. The number of nitrogens with one attached hydrogen (secondary N) is 1. The van der Waals surface area contributed by atoms with Crippen LogP contribution in [0.25, 0.3) is 16.6 Å². The molecule has 0 aliphatic carbocycles. The quantitative estimate of drug-likeness (QED) is 0.324. The first-order valence-electron chi connectivity index (χ1n) is 12.6. The lowest BCUT2D eigenvalue weighted by Crippen LogP contribution is -2.26. The van der Waals surface area contributed by atoms with Crippen molar-refractivity contribution in [1.29, 1.82) is 0 Å². The van der Waals surface area contributed by atoms with Gasteiger partial charge in [0.1, 0.15) is 5.82 Å². The molecule has 38 heavy (non-hydrogen) atoms. The molecule has 4 aromatic rings. The maximum Gasteiger partial charge on any atom is 0.294 e. The van der Waals surface area contributed by atoms with Crippen LogP contribution in [-0.2, 0) is 15.5 Å².